The molecule has 372 valence electrons. The van der Waals surface area contributed by atoms with Gasteiger partial charge in [-0.15, -0.1) is 0 Å². The van der Waals surface area contributed by atoms with Crippen LogP contribution in [0.3, 0.4) is 0 Å². The summed E-state index contributed by atoms with van der Waals surface area (Å²) in [5.41, 5.74) is 0.214. The van der Waals surface area contributed by atoms with Crippen LogP contribution in [0, 0.1) is 20.2 Å². The number of non-ortho nitro benzene ring substituents is 2. The number of hydrogen-bond acceptors (Lipinski definition) is 14. The number of carboxylic acid groups (broad SMARTS) is 1. The van der Waals surface area contributed by atoms with Gasteiger partial charge in [0.25, 0.3) is 35.0 Å². The maximum atomic E-state index is 14.8. The Morgan fingerprint density at radius 1 is 0.653 bits per heavy atom. The summed E-state index contributed by atoms with van der Waals surface area (Å²) in [6, 6.07) is 20.1. The van der Waals surface area contributed by atoms with E-state index in [9.17, 15) is 63.4 Å². The van der Waals surface area contributed by atoms with Gasteiger partial charge in [0.05, 0.1) is 33.9 Å². The number of carbonyl (C=O) groups is 9. The first-order chi connectivity index (χ1) is 34.4. The molecule has 2 atom stereocenters. The summed E-state index contributed by atoms with van der Waals surface area (Å²) >= 11 is 0. The Bertz CT molecular complexity index is 3070. The van der Waals surface area contributed by atoms with Crippen LogP contribution in [0.2, 0.25) is 0 Å². The highest BCUT2D eigenvalue weighted by atomic mass is 16.6. The molecule has 2 heterocycles. The molecule has 2 aliphatic rings. The first-order valence-electron chi connectivity index (χ1n) is 22.7. The Labute approximate surface area is 408 Å². The maximum absolute atomic E-state index is 14.8. The van der Waals surface area contributed by atoms with Crippen molar-refractivity contribution in [1.82, 2.24) is 36.0 Å². The predicted molar refractivity (Wildman–Crippen MR) is 256 cm³/mol. The van der Waals surface area contributed by atoms with Crippen LogP contribution in [0.25, 0.3) is 21.5 Å². The third kappa shape index (κ3) is 11.4. The van der Waals surface area contributed by atoms with E-state index in [1.54, 1.807) is 48.5 Å². The normalized spacial score (nSPS) is 13.7. The SMILES string of the molecule is CC(NC(=O)CNC(=O)CCC(=O)O)C(=O)NC(Cc1ccccc1)C(=O)N(CCCNCCN1C(=O)c2cccc3cc([N+](=O)[O-])cc(c23)C1=O)CCN1C(=O)c2cccc3cc([N+](=O)[O-])cc(c23)C1=O. The Morgan fingerprint density at radius 3 is 1.76 bits per heavy atom. The van der Waals surface area contributed by atoms with Crippen LogP contribution in [0.1, 0.15) is 73.2 Å². The Kier molecular flexibility index (Phi) is 15.7. The lowest BCUT2D eigenvalue weighted by Crippen LogP contribution is -2.56. The smallest absolute Gasteiger partial charge is 0.303 e. The molecule has 0 spiro atoms. The molecule has 5 aromatic rings. The number of amides is 8. The predicted octanol–water partition coefficient (Wildman–Crippen LogP) is 2.72. The second-order valence-corrected chi connectivity index (χ2v) is 17.0. The lowest BCUT2D eigenvalue weighted by Gasteiger charge is -2.32. The highest BCUT2D eigenvalue weighted by Gasteiger charge is 2.37. The van der Waals surface area contributed by atoms with E-state index in [4.69, 9.17) is 5.11 Å². The van der Waals surface area contributed by atoms with Gasteiger partial charge in [-0.05, 0) is 48.4 Å². The fraction of sp³-hybridized carbons (Fsp3) is 0.286. The second-order valence-electron chi connectivity index (χ2n) is 17.0. The minimum atomic E-state index is -1.30. The molecular formula is C49H47N9O14. The van der Waals surface area contributed by atoms with E-state index in [0.717, 1.165) is 21.9 Å². The van der Waals surface area contributed by atoms with E-state index in [-0.39, 0.29) is 97.5 Å². The largest absolute Gasteiger partial charge is 0.481 e. The Morgan fingerprint density at radius 2 is 1.21 bits per heavy atom. The van der Waals surface area contributed by atoms with Gasteiger partial charge in [0.1, 0.15) is 12.1 Å². The summed E-state index contributed by atoms with van der Waals surface area (Å²) < 4.78 is 0. The molecule has 0 saturated carbocycles. The van der Waals surface area contributed by atoms with Crippen molar-refractivity contribution < 1.29 is 58.1 Å². The molecule has 2 aliphatic heterocycles. The highest BCUT2D eigenvalue weighted by molar-refractivity contribution is 6.27. The van der Waals surface area contributed by atoms with Gasteiger partial charge in [0, 0.05) is 91.7 Å². The van der Waals surface area contributed by atoms with E-state index in [2.05, 4.69) is 21.3 Å². The first kappa shape index (κ1) is 50.9. The number of carboxylic acids is 1. The van der Waals surface area contributed by atoms with Crippen LogP contribution in [-0.2, 0) is 30.4 Å². The molecule has 2 unspecified atom stereocenters. The molecule has 0 bridgehead atoms. The molecule has 23 nitrogen and oxygen atoms in total. The van der Waals surface area contributed by atoms with Gasteiger partial charge in [0.2, 0.25) is 23.6 Å². The molecule has 5 aromatic carbocycles. The molecule has 7 rings (SSSR count). The van der Waals surface area contributed by atoms with Crippen LogP contribution in [0.5, 0.6) is 0 Å². The van der Waals surface area contributed by atoms with Crippen LogP contribution < -0.4 is 21.3 Å². The zero-order valence-electron chi connectivity index (χ0n) is 38.6. The van der Waals surface area contributed by atoms with Crippen LogP contribution in [-0.4, -0.2) is 141 Å². The van der Waals surface area contributed by atoms with Crippen molar-refractivity contribution in [2.75, 3.05) is 45.8 Å². The number of nitrogens with zero attached hydrogens (tertiary/aromatic N) is 5. The summed E-state index contributed by atoms with van der Waals surface area (Å²) in [4.78, 5) is 144. The minimum Gasteiger partial charge on any atom is -0.481 e. The fourth-order valence-corrected chi connectivity index (χ4v) is 8.58. The fourth-order valence-electron chi connectivity index (χ4n) is 8.58. The zero-order chi connectivity index (χ0) is 51.8. The van der Waals surface area contributed by atoms with E-state index < -0.39 is 88.1 Å². The molecule has 72 heavy (non-hydrogen) atoms. The first-order valence-corrected chi connectivity index (χ1v) is 22.7. The van der Waals surface area contributed by atoms with Crippen molar-refractivity contribution in [3.05, 3.63) is 139 Å². The lowest BCUT2D eigenvalue weighted by molar-refractivity contribution is -0.384. The third-order valence-corrected chi connectivity index (χ3v) is 12.1. The molecular weight excluding hydrogens is 939 g/mol. The lowest BCUT2D eigenvalue weighted by atomic mass is 9.93. The van der Waals surface area contributed by atoms with Crippen LogP contribution in [0.15, 0.2) is 91.0 Å². The second kappa shape index (κ2) is 22.2. The Hall–Kier alpha value is -8.99. The zero-order valence-corrected chi connectivity index (χ0v) is 38.6. The van der Waals surface area contributed by atoms with Crippen molar-refractivity contribution in [1.29, 1.82) is 0 Å². The van der Waals surface area contributed by atoms with Crippen molar-refractivity contribution in [3.63, 3.8) is 0 Å². The van der Waals surface area contributed by atoms with Gasteiger partial charge < -0.3 is 31.3 Å². The van der Waals surface area contributed by atoms with Gasteiger partial charge in [-0.2, -0.15) is 0 Å². The van der Waals surface area contributed by atoms with E-state index in [0.29, 0.717) is 21.7 Å². The molecule has 23 heteroatoms. The van der Waals surface area contributed by atoms with Gasteiger partial charge in [-0.3, -0.25) is 73.2 Å². The summed E-state index contributed by atoms with van der Waals surface area (Å²) in [6.07, 6.45) is -0.678. The standard InChI is InChI=1S/C49H47N9O14/c1-28(52-40(60)27-51-39(59)14-15-41(61)62)44(63)53-38(22-29-8-3-2-4-9-29)49(68)54(20-21-56-46(65)35-13-6-11-31-24-33(58(71)72)26-37(43(31)35)48(56)67)18-7-16-50-17-19-55-45(64)34-12-5-10-30-23-32(57(69)70)25-36(42(30)34)47(55)66/h2-6,8-13,23-26,28,38,50H,7,14-22,27H2,1H3,(H,51,59)(H,52,60)(H,53,63)(H,61,62). The molecule has 0 aliphatic carbocycles. The monoisotopic (exact) mass is 985 g/mol. The molecule has 0 aromatic heterocycles. The number of hydrogen-bond donors (Lipinski definition) is 5. The van der Waals surface area contributed by atoms with E-state index >= 15 is 0 Å². The summed E-state index contributed by atoms with van der Waals surface area (Å²) in [5, 5.41) is 44.1. The average Bonchev–Trinajstić information content (AvgIpc) is 3.36. The number of aliphatic carboxylic acids is 1. The summed E-state index contributed by atoms with van der Waals surface area (Å²) in [7, 11) is 0. The highest BCUT2D eigenvalue weighted by Crippen LogP contribution is 2.35. The number of benzene rings is 5. The molecule has 5 N–H and O–H groups in total. The van der Waals surface area contributed by atoms with E-state index in [1.807, 2.05) is 0 Å². The molecule has 8 amide bonds. The topological polar surface area (TPSA) is 318 Å². The van der Waals surface area contributed by atoms with Crippen molar-refractivity contribution in [2.45, 2.75) is 44.7 Å². The maximum Gasteiger partial charge on any atom is 0.303 e. The molecule has 0 saturated heterocycles. The van der Waals surface area contributed by atoms with Crippen LogP contribution >= 0.6 is 0 Å². The average molecular weight is 986 g/mol. The van der Waals surface area contributed by atoms with Gasteiger partial charge >= 0.3 is 5.97 Å². The van der Waals surface area contributed by atoms with Gasteiger partial charge in [-0.25, -0.2) is 0 Å². The van der Waals surface area contributed by atoms with Crippen LogP contribution in [0.4, 0.5) is 11.4 Å². The summed E-state index contributed by atoms with van der Waals surface area (Å²) in [6.45, 7) is 0.210. The Balaban J connectivity index is 1.07. The number of rotatable bonds is 23. The molecule has 0 fully saturated rings. The van der Waals surface area contributed by atoms with Crippen molar-refractivity contribution >= 4 is 86.1 Å². The molecule has 0 radical (unpaired) electrons. The number of nitro groups is 2. The van der Waals surface area contributed by atoms with Gasteiger partial charge in [-0.1, -0.05) is 54.6 Å². The number of nitrogens with one attached hydrogen (secondary N) is 4. The van der Waals surface area contributed by atoms with Gasteiger partial charge in [0.15, 0.2) is 0 Å². The summed E-state index contributed by atoms with van der Waals surface area (Å²) in [5.74, 6) is -6.94. The van der Waals surface area contributed by atoms with E-state index in [1.165, 1.54) is 42.2 Å². The van der Waals surface area contributed by atoms with Crippen molar-refractivity contribution in [2.24, 2.45) is 0 Å². The number of nitro benzene ring substituents is 2. The number of imide groups is 2. The number of carbonyl (C=O) groups excluding carboxylic acids is 8. The minimum absolute atomic E-state index is 0.0139. The third-order valence-electron chi connectivity index (χ3n) is 12.1. The quantitative estimate of drug-likeness (QED) is 0.0272. The van der Waals surface area contributed by atoms with Crippen molar-refractivity contribution in [3.8, 4) is 0 Å².